The van der Waals surface area contributed by atoms with E-state index in [0.717, 1.165) is 5.69 Å². The fourth-order valence-electron chi connectivity index (χ4n) is 1.35. The predicted molar refractivity (Wildman–Crippen MR) is 64.1 cm³/mol. The van der Waals surface area contributed by atoms with Crippen molar-refractivity contribution in [3.05, 3.63) is 47.0 Å². The van der Waals surface area contributed by atoms with Crippen molar-refractivity contribution < 1.29 is 0 Å². The van der Waals surface area contributed by atoms with Gasteiger partial charge in [-0.1, -0.05) is 20.8 Å². The molecule has 2 heterocycles. The van der Waals surface area contributed by atoms with Gasteiger partial charge < -0.3 is 0 Å². The van der Waals surface area contributed by atoms with Crippen LogP contribution < -0.4 is 5.56 Å². The average Bonchev–Trinajstić information content (AvgIpc) is 2.29. The van der Waals surface area contributed by atoms with Crippen LogP contribution in [0.2, 0.25) is 0 Å². The summed E-state index contributed by atoms with van der Waals surface area (Å²) in [4.78, 5) is 24.0. The van der Waals surface area contributed by atoms with Crippen LogP contribution in [0.1, 0.15) is 26.5 Å². The molecule has 0 atom stereocenters. The molecule has 0 N–H and O–H groups in total. The zero-order valence-electron chi connectivity index (χ0n) is 10.1. The van der Waals surface area contributed by atoms with Gasteiger partial charge in [0.05, 0.1) is 18.1 Å². The molecule has 2 aromatic heterocycles. The molecule has 0 saturated heterocycles. The van der Waals surface area contributed by atoms with Crippen LogP contribution in [-0.2, 0) is 5.41 Å². The largest absolute Gasteiger partial charge is 0.269 e. The smallest absolute Gasteiger partial charge is 0.259 e. The molecule has 0 aliphatic rings. The summed E-state index contributed by atoms with van der Waals surface area (Å²) in [6.07, 6.45) is 6.16. The molecule has 0 fully saturated rings. The van der Waals surface area contributed by atoms with Gasteiger partial charge in [0, 0.05) is 17.7 Å². The van der Waals surface area contributed by atoms with Gasteiger partial charge in [-0.05, 0) is 0 Å². The van der Waals surface area contributed by atoms with Gasteiger partial charge in [0.15, 0.2) is 5.82 Å². The Bertz CT molecular complexity index is 566. The summed E-state index contributed by atoms with van der Waals surface area (Å²) in [7, 11) is 0. The van der Waals surface area contributed by atoms with Gasteiger partial charge in [0.2, 0.25) is 0 Å². The van der Waals surface area contributed by atoms with E-state index in [1.807, 2.05) is 0 Å². The number of hydrogen-bond acceptors (Lipinski definition) is 4. The summed E-state index contributed by atoms with van der Waals surface area (Å²) >= 11 is 0. The maximum Gasteiger partial charge on any atom is 0.259 e. The average molecular weight is 230 g/mol. The topological polar surface area (TPSA) is 60.7 Å². The van der Waals surface area contributed by atoms with Crippen molar-refractivity contribution >= 4 is 0 Å². The lowest BCUT2D eigenvalue weighted by Crippen LogP contribution is -2.19. The fraction of sp³-hybridized carbons (Fsp3) is 0.333. The number of hydrogen-bond donors (Lipinski definition) is 0. The van der Waals surface area contributed by atoms with Gasteiger partial charge in [0.25, 0.3) is 5.56 Å². The first-order chi connectivity index (χ1) is 7.98. The molecular weight excluding hydrogens is 216 g/mol. The summed E-state index contributed by atoms with van der Waals surface area (Å²) in [5.41, 5.74) is 0.668. The second-order valence-electron chi connectivity index (χ2n) is 4.80. The first kappa shape index (κ1) is 11.4. The van der Waals surface area contributed by atoms with Crippen LogP contribution in [0.3, 0.4) is 0 Å². The minimum atomic E-state index is -0.169. The molecule has 0 saturated carbocycles. The van der Waals surface area contributed by atoms with E-state index < -0.39 is 0 Å². The number of aromatic nitrogens is 4. The number of nitrogens with zero attached hydrogens (tertiary/aromatic N) is 4. The highest BCUT2D eigenvalue weighted by molar-refractivity contribution is 5.21. The van der Waals surface area contributed by atoms with Crippen molar-refractivity contribution in [3.8, 4) is 5.82 Å². The molecule has 0 aliphatic heterocycles. The molecule has 0 amide bonds. The van der Waals surface area contributed by atoms with E-state index in [1.165, 1.54) is 23.2 Å². The molecule has 17 heavy (non-hydrogen) atoms. The molecule has 5 nitrogen and oxygen atoms in total. The highest BCUT2D eigenvalue weighted by atomic mass is 16.1. The summed E-state index contributed by atoms with van der Waals surface area (Å²) in [5, 5.41) is 0. The van der Waals surface area contributed by atoms with Crippen molar-refractivity contribution in [2.75, 3.05) is 0 Å². The lowest BCUT2D eigenvalue weighted by Gasteiger charge is -2.16. The summed E-state index contributed by atoms with van der Waals surface area (Å²) < 4.78 is 1.36. The zero-order chi connectivity index (χ0) is 12.5. The van der Waals surface area contributed by atoms with Crippen LogP contribution >= 0.6 is 0 Å². The summed E-state index contributed by atoms with van der Waals surface area (Å²) in [6.45, 7) is 6.19. The molecule has 2 aromatic rings. The molecule has 5 heteroatoms. The van der Waals surface area contributed by atoms with Gasteiger partial charge in [-0.15, -0.1) is 0 Å². The molecule has 0 bridgehead atoms. The maximum absolute atomic E-state index is 11.6. The molecule has 0 spiro atoms. The quantitative estimate of drug-likeness (QED) is 0.741. The molecule has 0 radical (unpaired) electrons. The third kappa shape index (κ3) is 2.38. The minimum absolute atomic E-state index is 0.0502. The fourth-order valence-corrected chi connectivity index (χ4v) is 1.35. The highest BCUT2D eigenvalue weighted by Gasteiger charge is 2.15. The van der Waals surface area contributed by atoms with Crippen molar-refractivity contribution in [1.82, 2.24) is 19.5 Å². The van der Waals surface area contributed by atoms with Gasteiger partial charge in [-0.2, -0.15) is 0 Å². The molecule has 2 rings (SSSR count). The summed E-state index contributed by atoms with van der Waals surface area (Å²) in [6, 6.07) is 1.39. The van der Waals surface area contributed by atoms with Crippen molar-refractivity contribution in [3.63, 3.8) is 0 Å². The monoisotopic (exact) mass is 230 g/mol. The van der Waals surface area contributed by atoms with Crippen LogP contribution in [0.5, 0.6) is 0 Å². The Morgan fingerprint density at radius 2 is 1.94 bits per heavy atom. The Morgan fingerprint density at radius 1 is 1.18 bits per heavy atom. The molecular formula is C12H14N4O. The lowest BCUT2D eigenvalue weighted by molar-refractivity contribution is 0.564. The maximum atomic E-state index is 11.6. The SMILES string of the molecule is CC(C)(C)c1cnc(-n2cnccc2=O)cn1. The van der Waals surface area contributed by atoms with E-state index in [1.54, 1.807) is 12.4 Å². The van der Waals surface area contributed by atoms with E-state index in [4.69, 9.17) is 0 Å². The van der Waals surface area contributed by atoms with E-state index >= 15 is 0 Å². The second-order valence-corrected chi connectivity index (χ2v) is 4.80. The zero-order valence-corrected chi connectivity index (χ0v) is 10.1. The van der Waals surface area contributed by atoms with Gasteiger partial charge in [0.1, 0.15) is 6.33 Å². The van der Waals surface area contributed by atoms with E-state index in [9.17, 15) is 4.79 Å². The minimum Gasteiger partial charge on any atom is -0.269 e. The molecule has 0 unspecified atom stereocenters. The van der Waals surface area contributed by atoms with Crippen LogP contribution in [-0.4, -0.2) is 19.5 Å². The van der Waals surface area contributed by atoms with Crippen LogP contribution in [0.25, 0.3) is 5.82 Å². The first-order valence-electron chi connectivity index (χ1n) is 5.34. The van der Waals surface area contributed by atoms with Crippen molar-refractivity contribution in [2.45, 2.75) is 26.2 Å². The number of rotatable bonds is 1. The first-order valence-corrected chi connectivity index (χ1v) is 5.34. The van der Waals surface area contributed by atoms with Gasteiger partial charge in [-0.25, -0.2) is 14.5 Å². The lowest BCUT2D eigenvalue weighted by atomic mass is 9.93. The van der Waals surface area contributed by atoms with Crippen LogP contribution in [0.4, 0.5) is 0 Å². The van der Waals surface area contributed by atoms with Crippen LogP contribution in [0, 0.1) is 0 Å². The van der Waals surface area contributed by atoms with E-state index in [-0.39, 0.29) is 11.0 Å². The van der Waals surface area contributed by atoms with Gasteiger partial charge >= 0.3 is 0 Å². The Kier molecular flexibility index (Phi) is 2.75. The third-order valence-electron chi connectivity index (χ3n) is 2.38. The molecule has 88 valence electrons. The predicted octanol–water partition coefficient (Wildman–Crippen LogP) is 1.32. The third-order valence-corrected chi connectivity index (χ3v) is 2.38. The Labute approximate surface area is 99.2 Å². The van der Waals surface area contributed by atoms with Crippen LogP contribution in [0.15, 0.2) is 35.8 Å². The highest BCUT2D eigenvalue weighted by Crippen LogP contribution is 2.18. The molecule has 0 aromatic carbocycles. The Balaban J connectivity index is 2.44. The van der Waals surface area contributed by atoms with Gasteiger partial charge in [-0.3, -0.25) is 9.78 Å². The second kappa shape index (κ2) is 4.08. The standard InChI is InChI=1S/C12H14N4O/c1-12(2,3)9-6-15-10(7-14-9)16-8-13-5-4-11(16)17/h4-8H,1-3H3. The van der Waals surface area contributed by atoms with E-state index in [0.29, 0.717) is 5.82 Å². The summed E-state index contributed by atoms with van der Waals surface area (Å²) in [5.74, 6) is 0.483. The molecule has 0 aliphatic carbocycles. The Hall–Kier alpha value is -2.04. The van der Waals surface area contributed by atoms with Crippen molar-refractivity contribution in [2.24, 2.45) is 0 Å². The Morgan fingerprint density at radius 3 is 2.47 bits per heavy atom. The van der Waals surface area contributed by atoms with Crippen molar-refractivity contribution in [1.29, 1.82) is 0 Å². The normalized spacial score (nSPS) is 11.5. The van der Waals surface area contributed by atoms with E-state index in [2.05, 4.69) is 35.7 Å².